The first kappa shape index (κ1) is 30.9. The summed E-state index contributed by atoms with van der Waals surface area (Å²) in [4.78, 5) is 16.9. The summed E-state index contributed by atoms with van der Waals surface area (Å²) in [6, 6.07) is 48.8. The lowest BCUT2D eigenvalue weighted by atomic mass is 9.59. The van der Waals surface area contributed by atoms with Gasteiger partial charge in [0, 0.05) is 16.8 Å². The molecule has 0 radical (unpaired) electrons. The molecule has 6 aromatic carbocycles. The molecule has 0 bridgehead atoms. The molecule has 6 aromatic rings. The predicted molar refractivity (Wildman–Crippen MR) is 200 cm³/mol. The van der Waals surface area contributed by atoms with E-state index < -0.39 is 5.41 Å². The molecule has 0 saturated heterocycles. The Balaban J connectivity index is 1.40. The molecule has 0 unspecified atom stereocenters. The van der Waals surface area contributed by atoms with Crippen molar-refractivity contribution in [3.8, 4) is 11.5 Å². The van der Waals surface area contributed by atoms with Crippen LogP contribution >= 0.6 is 0 Å². The Bertz CT molecular complexity index is 2130. The van der Waals surface area contributed by atoms with Crippen molar-refractivity contribution in [1.29, 1.82) is 0 Å². The number of anilines is 3. The zero-order valence-electron chi connectivity index (χ0n) is 29.0. The largest absolute Gasteiger partial charge is 0.453 e. The van der Waals surface area contributed by atoms with Crippen LogP contribution in [0.3, 0.4) is 0 Å². The minimum atomic E-state index is -0.676. The van der Waals surface area contributed by atoms with E-state index in [2.05, 4.69) is 168 Å². The predicted octanol–water partition coefficient (Wildman–Crippen LogP) is 11.8. The highest BCUT2D eigenvalue weighted by molar-refractivity contribution is 6.14. The first-order valence-corrected chi connectivity index (χ1v) is 17.1. The number of ketones is 1. The van der Waals surface area contributed by atoms with Crippen molar-refractivity contribution in [2.75, 3.05) is 4.90 Å². The Morgan fingerprint density at radius 3 is 1.53 bits per heavy atom. The van der Waals surface area contributed by atoms with Crippen LogP contribution < -0.4 is 9.64 Å². The number of hydrogen-bond acceptors (Lipinski definition) is 3. The number of carbonyl (C=O) groups is 1. The van der Waals surface area contributed by atoms with Crippen molar-refractivity contribution in [1.82, 2.24) is 0 Å². The normalized spacial score (nSPS) is 14.7. The highest BCUT2D eigenvalue weighted by Gasteiger charge is 2.46. The molecule has 0 atom stereocenters. The summed E-state index contributed by atoms with van der Waals surface area (Å²) < 4.78 is 6.72. The fourth-order valence-corrected chi connectivity index (χ4v) is 7.67. The molecule has 0 fully saturated rings. The van der Waals surface area contributed by atoms with Gasteiger partial charge in [-0.05, 0) is 80.6 Å². The SMILES string of the molecule is CC(C)(C)c1ccc2c(c1)Oc1cc(C(C)(C)C)ccc1N2c1ccc2c(c1)C(=O)c1ccccc1C2(c1ccccc1)c1ccccc1. The average molecular weight is 640 g/mol. The summed E-state index contributed by atoms with van der Waals surface area (Å²) in [7, 11) is 0. The van der Waals surface area contributed by atoms with Crippen molar-refractivity contribution in [2.24, 2.45) is 0 Å². The van der Waals surface area contributed by atoms with Crippen molar-refractivity contribution >= 4 is 22.8 Å². The zero-order valence-corrected chi connectivity index (χ0v) is 29.0. The first-order chi connectivity index (χ1) is 23.5. The monoisotopic (exact) mass is 639 g/mol. The van der Waals surface area contributed by atoms with Gasteiger partial charge in [0.25, 0.3) is 0 Å². The number of benzene rings is 6. The molecule has 0 aromatic heterocycles. The van der Waals surface area contributed by atoms with Gasteiger partial charge in [-0.25, -0.2) is 0 Å². The maximum atomic E-state index is 14.7. The minimum Gasteiger partial charge on any atom is -0.453 e. The highest BCUT2D eigenvalue weighted by Crippen LogP contribution is 2.55. The Morgan fingerprint density at radius 1 is 0.510 bits per heavy atom. The number of ether oxygens (including phenoxy) is 1. The second kappa shape index (κ2) is 11.1. The van der Waals surface area contributed by atoms with E-state index in [1.165, 1.54) is 11.1 Å². The summed E-state index contributed by atoms with van der Waals surface area (Å²) in [6.45, 7) is 13.3. The van der Waals surface area contributed by atoms with Crippen LogP contribution in [0.2, 0.25) is 0 Å². The molecule has 1 aliphatic carbocycles. The molecule has 242 valence electrons. The van der Waals surface area contributed by atoms with Gasteiger partial charge in [0.05, 0.1) is 16.8 Å². The van der Waals surface area contributed by atoms with Crippen LogP contribution in [0.4, 0.5) is 17.1 Å². The van der Waals surface area contributed by atoms with Crippen LogP contribution in [0.25, 0.3) is 0 Å². The summed E-state index contributed by atoms with van der Waals surface area (Å²) in [5.41, 5.74) is 10.1. The molecule has 0 amide bonds. The molecule has 1 aliphatic heterocycles. The Kier molecular flexibility index (Phi) is 6.98. The van der Waals surface area contributed by atoms with Gasteiger partial charge in [-0.1, -0.05) is 145 Å². The van der Waals surface area contributed by atoms with Crippen molar-refractivity contribution in [2.45, 2.75) is 57.8 Å². The Morgan fingerprint density at radius 2 is 1.00 bits per heavy atom. The van der Waals surface area contributed by atoms with Crippen molar-refractivity contribution < 1.29 is 9.53 Å². The van der Waals surface area contributed by atoms with Gasteiger partial charge in [0.1, 0.15) is 0 Å². The number of carbonyl (C=O) groups excluding carboxylic acids is 1. The van der Waals surface area contributed by atoms with Gasteiger partial charge in [-0.3, -0.25) is 4.79 Å². The standard InChI is InChI=1S/C46H41NO2/c1-44(2,3)32-21-25-39-41(27-32)49-42-28-33(45(4,5)6)22-26-40(42)47(39)34-23-24-38-36(29-34)43(48)35-19-13-14-20-37(35)46(38,30-15-9-7-10-16-30)31-17-11-8-12-18-31/h7-29H,1-6H3. The van der Waals surface area contributed by atoms with Crippen LogP contribution in [0.5, 0.6) is 11.5 Å². The molecule has 0 spiro atoms. The van der Waals surface area contributed by atoms with E-state index in [0.717, 1.165) is 56.4 Å². The maximum Gasteiger partial charge on any atom is 0.193 e. The van der Waals surface area contributed by atoms with Gasteiger partial charge < -0.3 is 9.64 Å². The topological polar surface area (TPSA) is 29.5 Å². The van der Waals surface area contributed by atoms with E-state index >= 15 is 0 Å². The lowest BCUT2D eigenvalue weighted by molar-refractivity contribution is 0.103. The van der Waals surface area contributed by atoms with E-state index in [1.54, 1.807) is 0 Å². The second-order valence-corrected chi connectivity index (χ2v) is 15.4. The third-order valence-corrected chi connectivity index (χ3v) is 10.3. The summed E-state index contributed by atoms with van der Waals surface area (Å²) in [5, 5.41) is 0. The average Bonchev–Trinajstić information content (AvgIpc) is 3.10. The molecule has 3 heteroatoms. The van der Waals surface area contributed by atoms with E-state index in [-0.39, 0.29) is 16.6 Å². The molecule has 8 rings (SSSR count). The lowest BCUT2D eigenvalue weighted by Crippen LogP contribution is -2.38. The number of rotatable bonds is 3. The fourth-order valence-electron chi connectivity index (χ4n) is 7.67. The van der Waals surface area contributed by atoms with E-state index in [4.69, 9.17) is 4.74 Å². The van der Waals surface area contributed by atoms with Gasteiger partial charge in [0.15, 0.2) is 17.3 Å². The third-order valence-electron chi connectivity index (χ3n) is 10.3. The molecule has 0 N–H and O–H groups in total. The highest BCUT2D eigenvalue weighted by atomic mass is 16.5. The molecule has 49 heavy (non-hydrogen) atoms. The van der Waals surface area contributed by atoms with Crippen LogP contribution in [0.15, 0.2) is 140 Å². The van der Waals surface area contributed by atoms with Crippen LogP contribution in [-0.4, -0.2) is 5.78 Å². The number of hydrogen-bond donors (Lipinski definition) is 0. The van der Waals surface area contributed by atoms with E-state index in [0.29, 0.717) is 5.56 Å². The maximum absolute atomic E-state index is 14.7. The quantitative estimate of drug-likeness (QED) is 0.193. The lowest BCUT2D eigenvalue weighted by Gasteiger charge is -2.42. The van der Waals surface area contributed by atoms with Crippen molar-refractivity contribution in [3.05, 3.63) is 184 Å². The first-order valence-electron chi connectivity index (χ1n) is 17.1. The van der Waals surface area contributed by atoms with E-state index in [9.17, 15) is 4.79 Å². The van der Waals surface area contributed by atoms with Gasteiger partial charge in [-0.2, -0.15) is 0 Å². The molecule has 1 heterocycles. The summed E-state index contributed by atoms with van der Waals surface area (Å²) in [5.74, 6) is 1.65. The number of nitrogens with zero attached hydrogens (tertiary/aromatic N) is 1. The van der Waals surface area contributed by atoms with Crippen LogP contribution in [0.1, 0.15) is 90.8 Å². The van der Waals surface area contributed by atoms with Crippen molar-refractivity contribution in [3.63, 3.8) is 0 Å². The van der Waals surface area contributed by atoms with E-state index in [1.807, 2.05) is 18.2 Å². The van der Waals surface area contributed by atoms with Gasteiger partial charge in [0.2, 0.25) is 0 Å². The summed E-state index contributed by atoms with van der Waals surface area (Å²) >= 11 is 0. The molecular weight excluding hydrogens is 599 g/mol. The summed E-state index contributed by atoms with van der Waals surface area (Å²) in [6.07, 6.45) is 0. The van der Waals surface area contributed by atoms with Gasteiger partial charge in [-0.15, -0.1) is 0 Å². The second-order valence-electron chi connectivity index (χ2n) is 15.4. The molecular formula is C46H41NO2. The molecule has 2 aliphatic rings. The van der Waals surface area contributed by atoms with Crippen LogP contribution in [-0.2, 0) is 16.2 Å². The van der Waals surface area contributed by atoms with Crippen LogP contribution in [0, 0.1) is 0 Å². The Hall–Kier alpha value is -5.41. The fraction of sp³-hybridized carbons (Fsp3) is 0.196. The molecule has 3 nitrogen and oxygen atoms in total. The number of fused-ring (bicyclic) bond motifs is 4. The molecule has 0 saturated carbocycles. The van der Waals surface area contributed by atoms with Gasteiger partial charge >= 0.3 is 0 Å². The zero-order chi connectivity index (χ0) is 34.1. The Labute approximate surface area is 289 Å². The smallest absolute Gasteiger partial charge is 0.193 e. The minimum absolute atomic E-state index is 0.0369. The third kappa shape index (κ3) is 4.83.